The van der Waals surface area contributed by atoms with Gasteiger partial charge < -0.3 is 0 Å². The van der Waals surface area contributed by atoms with Gasteiger partial charge in [0.1, 0.15) is 23.2 Å². The second-order valence-electron chi connectivity index (χ2n) is 6.51. The minimum atomic E-state index is -1.69. The van der Waals surface area contributed by atoms with Crippen LogP contribution in [-0.4, -0.2) is 16.9 Å². The van der Waals surface area contributed by atoms with Crippen LogP contribution in [0.1, 0.15) is 16.7 Å². The fourth-order valence-corrected chi connectivity index (χ4v) is 7.68. The summed E-state index contributed by atoms with van der Waals surface area (Å²) in [5, 5.41) is 5.51. The van der Waals surface area contributed by atoms with Crippen LogP contribution in [0.4, 0.5) is 0 Å². The van der Waals surface area contributed by atoms with Crippen molar-refractivity contribution in [3.63, 3.8) is 0 Å². The van der Waals surface area contributed by atoms with Crippen LogP contribution in [0, 0.1) is 20.8 Å². The zero-order chi connectivity index (χ0) is 17.3. The molecule has 0 saturated heterocycles. The number of hydrogen-bond donors (Lipinski definition) is 0. The van der Waals surface area contributed by atoms with Crippen LogP contribution in [0.2, 0.25) is 0 Å². The lowest BCUT2D eigenvalue weighted by molar-refractivity contribution is 1.29. The van der Waals surface area contributed by atoms with E-state index in [0.29, 0.717) is 0 Å². The van der Waals surface area contributed by atoms with Gasteiger partial charge in [0.15, 0.2) is 0 Å². The zero-order valence-electron chi connectivity index (χ0n) is 14.8. The van der Waals surface area contributed by atoms with E-state index in [1.165, 1.54) is 37.8 Å². The fraction of sp³-hybridized carbons (Fsp3) is 0.182. The SMILES string of the molecule is Cc1cc([P+](C)(c2ccccc2)c2ccccc2)c([Si])c(C)c1C. The third kappa shape index (κ3) is 2.77. The van der Waals surface area contributed by atoms with Crippen LogP contribution in [0.5, 0.6) is 0 Å². The van der Waals surface area contributed by atoms with Gasteiger partial charge in [0, 0.05) is 0 Å². The highest BCUT2D eigenvalue weighted by molar-refractivity contribution is 7.95. The molecular formula is C22H23PSi+. The largest absolute Gasteiger partial charge is 0.109 e. The molecule has 0 N–H and O–H groups in total. The van der Waals surface area contributed by atoms with Crippen molar-refractivity contribution < 1.29 is 0 Å². The smallest absolute Gasteiger partial charge is 0.0620 e. The van der Waals surface area contributed by atoms with E-state index in [0.717, 1.165) is 0 Å². The van der Waals surface area contributed by atoms with E-state index >= 15 is 0 Å². The van der Waals surface area contributed by atoms with Crippen LogP contribution in [-0.2, 0) is 0 Å². The zero-order valence-corrected chi connectivity index (χ0v) is 16.7. The van der Waals surface area contributed by atoms with E-state index < -0.39 is 7.26 Å². The molecule has 119 valence electrons. The third-order valence-electron chi connectivity index (χ3n) is 5.17. The lowest BCUT2D eigenvalue weighted by atomic mass is 10.0. The first-order valence-electron chi connectivity index (χ1n) is 8.27. The van der Waals surface area contributed by atoms with Gasteiger partial charge in [0.05, 0.1) is 16.9 Å². The Labute approximate surface area is 149 Å². The molecule has 0 aromatic heterocycles. The predicted molar refractivity (Wildman–Crippen MR) is 111 cm³/mol. The molecule has 24 heavy (non-hydrogen) atoms. The molecule has 0 aliphatic rings. The maximum atomic E-state index is 3.98. The first-order valence-corrected chi connectivity index (χ1v) is 11.0. The average molecular weight is 346 g/mol. The van der Waals surface area contributed by atoms with Gasteiger partial charge in [0.25, 0.3) is 0 Å². The van der Waals surface area contributed by atoms with Crippen molar-refractivity contribution in [1.82, 2.24) is 0 Å². The van der Waals surface area contributed by atoms with E-state index in [1.807, 2.05) is 0 Å². The minimum Gasteiger partial charge on any atom is -0.0620 e. The standard InChI is InChI=1S/C22H23PSi/c1-16-15-21(22(24)18(3)17(16)2)23(4,19-11-7-5-8-12-19)20-13-9-6-10-14-20/h5-15H,1-4H3/q+1. The van der Waals surface area contributed by atoms with Crippen LogP contribution in [0.15, 0.2) is 66.7 Å². The summed E-state index contributed by atoms with van der Waals surface area (Å²) in [5.74, 6) is 0. The van der Waals surface area contributed by atoms with Crippen molar-refractivity contribution in [3.8, 4) is 0 Å². The van der Waals surface area contributed by atoms with Gasteiger partial charge in [-0.2, -0.15) is 0 Å². The van der Waals surface area contributed by atoms with Gasteiger partial charge in [-0.25, -0.2) is 0 Å². The second-order valence-corrected chi connectivity index (χ2v) is 10.5. The summed E-state index contributed by atoms with van der Waals surface area (Å²) >= 11 is 0. The molecule has 3 radical (unpaired) electrons. The molecule has 0 amide bonds. The molecule has 3 rings (SSSR count). The Morgan fingerprint density at radius 2 is 1.17 bits per heavy atom. The molecule has 0 nitrogen and oxygen atoms in total. The highest BCUT2D eigenvalue weighted by Crippen LogP contribution is 2.51. The second kappa shape index (κ2) is 6.67. The monoisotopic (exact) mass is 346 g/mol. The molecule has 0 saturated carbocycles. The normalized spacial score (nSPS) is 11.5. The Morgan fingerprint density at radius 3 is 1.62 bits per heavy atom. The van der Waals surface area contributed by atoms with Gasteiger partial charge in [0.2, 0.25) is 0 Å². The Bertz CT molecular complexity index is 815. The van der Waals surface area contributed by atoms with Crippen molar-refractivity contribution in [2.45, 2.75) is 20.8 Å². The molecular weight excluding hydrogens is 323 g/mol. The Balaban J connectivity index is 2.36. The Kier molecular flexibility index (Phi) is 4.76. The Hall–Kier alpha value is -1.69. The fourth-order valence-electron chi connectivity index (χ4n) is 3.29. The van der Waals surface area contributed by atoms with Crippen LogP contribution in [0.25, 0.3) is 0 Å². The highest BCUT2D eigenvalue weighted by atomic mass is 31.2. The molecule has 0 heterocycles. The third-order valence-corrected chi connectivity index (χ3v) is 10.00. The van der Waals surface area contributed by atoms with E-state index in [2.05, 4.69) is 104 Å². The van der Waals surface area contributed by atoms with Gasteiger partial charge in [-0.1, -0.05) is 36.4 Å². The molecule has 0 unspecified atom stereocenters. The lowest BCUT2D eigenvalue weighted by Crippen LogP contribution is -2.40. The van der Waals surface area contributed by atoms with Gasteiger partial charge >= 0.3 is 0 Å². The first-order chi connectivity index (χ1) is 11.5. The van der Waals surface area contributed by atoms with Crippen molar-refractivity contribution in [2.75, 3.05) is 6.66 Å². The van der Waals surface area contributed by atoms with Gasteiger partial charge in [-0.15, -0.1) is 0 Å². The summed E-state index contributed by atoms with van der Waals surface area (Å²) in [4.78, 5) is 0. The highest BCUT2D eigenvalue weighted by Gasteiger charge is 2.41. The van der Waals surface area contributed by atoms with E-state index in [9.17, 15) is 0 Å². The van der Waals surface area contributed by atoms with Gasteiger partial charge in [-0.05, 0) is 73.0 Å². The van der Waals surface area contributed by atoms with E-state index in [1.54, 1.807) is 0 Å². The number of rotatable bonds is 3. The number of hydrogen-bond acceptors (Lipinski definition) is 0. The molecule has 3 aromatic carbocycles. The van der Waals surface area contributed by atoms with Crippen molar-refractivity contribution in [1.29, 1.82) is 0 Å². The molecule has 0 atom stereocenters. The minimum absolute atomic E-state index is 1.25. The predicted octanol–water partition coefficient (Wildman–Crippen LogP) is 3.33. The average Bonchev–Trinajstić information content (AvgIpc) is 2.64. The maximum absolute atomic E-state index is 3.98. The number of benzene rings is 3. The molecule has 3 aromatic rings. The van der Waals surface area contributed by atoms with Crippen LogP contribution in [0.3, 0.4) is 0 Å². The van der Waals surface area contributed by atoms with Gasteiger partial charge in [-0.3, -0.25) is 0 Å². The molecule has 0 fully saturated rings. The quantitative estimate of drug-likeness (QED) is 0.504. The van der Waals surface area contributed by atoms with Crippen LogP contribution >= 0.6 is 7.26 Å². The summed E-state index contributed by atoms with van der Waals surface area (Å²) in [6.45, 7) is 9.08. The molecule has 0 aliphatic heterocycles. The van der Waals surface area contributed by atoms with Crippen LogP contribution < -0.4 is 21.1 Å². The molecule has 0 spiro atoms. The molecule has 0 aliphatic carbocycles. The summed E-state index contributed by atoms with van der Waals surface area (Å²) in [6, 6.07) is 24.3. The topological polar surface area (TPSA) is 0 Å². The summed E-state index contributed by atoms with van der Waals surface area (Å²) < 4.78 is 0. The summed E-state index contributed by atoms with van der Waals surface area (Å²) in [5.41, 5.74) is 4.08. The van der Waals surface area contributed by atoms with Crippen molar-refractivity contribution >= 4 is 38.6 Å². The van der Waals surface area contributed by atoms with E-state index in [-0.39, 0.29) is 0 Å². The van der Waals surface area contributed by atoms with E-state index in [4.69, 9.17) is 0 Å². The molecule has 0 bridgehead atoms. The summed E-state index contributed by atoms with van der Waals surface area (Å²) in [7, 11) is 2.30. The number of aryl methyl sites for hydroxylation is 1. The van der Waals surface area contributed by atoms with Crippen molar-refractivity contribution in [2.24, 2.45) is 0 Å². The lowest BCUT2D eigenvalue weighted by Gasteiger charge is -2.26. The Morgan fingerprint density at radius 1 is 0.708 bits per heavy atom. The first kappa shape index (κ1) is 17.1. The molecule has 2 heteroatoms. The van der Waals surface area contributed by atoms with Crippen molar-refractivity contribution in [3.05, 3.63) is 83.4 Å². The summed E-state index contributed by atoms with van der Waals surface area (Å²) in [6.07, 6.45) is 0. The maximum Gasteiger partial charge on any atom is 0.109 e.